The summed E-state index contributed by atoms with van der Waals surface area (Å²) in [5.41, 5.74) is 2.23. The summed E-state index contributed by atoms with van der Waals surface area (Å²) in [6, 6.07) is 8.26. The Balaban J connectivity index is 1.65. The van der Waals surface area contributed by atoms with E-state index in [-0.39, 0.29) is 17.5 Å². The molecule has 0 spiro atoms. The fraction of sp³-hybridized carbons (Fsp3) is 0.308. The van der Waals surface area contributed by atoms with Crippen molar-refractivity contribution in [3.05, 3.63) is 59.7 Å². The third kappa shape index (κ3) is 5.70. The van der Waals surface area contributed by atoms with E-state index in [0.29, 0.717) is 66.1 Å². The molecule has 0 unspecified atom stereocenters. The van der Waals surface area contributed by atoms with Crippen LogP contribution >= 0.6 is 0 Å². The molecule has 0 atom stereocenters. The van der Waals surface area contributed by atoms with E-state index >= 15 is 0 Å². The van der Waals surface area contributed by atoms with Gasteiger partial charge >= 0.3 is 6.16 Å². The lowest BCUT2D eigenvalue weighted by molar-refractivity contribution is 0.101. The van der Waals surface area contributed by atoms with Gasteiger partial charge in [0.05, 0.1) is 18.8 Å². The zero-order valence-corrected chi connectivity index (χ0v) is 19.3. The Morgan fingerprint density at radius 1 is 1.09 bits per heavy atom. The van der Waals surface area contributed by atoms with E-state index in [2.05, 4.69) is 11.3 Å². The smallest absolute Gasteiger partial charge is 0.507 e. The van der Waals surface area contributed by atoms with Gasteiger partial charge in [0, 0.05) is 29.0 Å². The number of benzene rings is 2. The quantitative estimate of drug-likeness (QED) is 0.145. The van der Waals surface area contributed by atoms with Gasteiger partial charge in [0.15, 0.2) is 5.78 Å². The third-order valence-electron chi connectivity index (χ3n) is 5.21. The van der Waals surface area contributed by atoms with Crippen LogP contribution in [0.3, 0.4) is 0 Å². The van der Waals surface area contributed by atoms with E-state index < -0.39 is 6.16 Å². The molecule has 0 radical (unpaired) electrons. The van der Waals surface area contributed by atoms with Crippen molar-refractivity contribution in [1.82, 2.24) is 0 Å². The van der Waals surface area contributed by atoms with Gasteiger partial charge in [-0.25, -0.2) is 4.79 Å². The topological polar surface area (TPSA) is 115 Å². The first-order valence-electron chi connectivity index (χ1n) is 11.0. The first kappa shape index (κ1) is 24.7. The van der Waals surface area contributed by atoms with Gasteiger partial charge in [-0.1, -0.05) is 19.4 Å². The normalized spacial score (nSPS) is 10.8. The number of carbonyl (C=O) groups is 2. The van der Waals surface area contributed by atoms with Crippen LogP contribution in [0.5, 0.6) is 23.2 Å². The Bertz CT molecular complexity index is 1190. The molecule has 0 saturated heterocycles. The Kier molecular flexibility index (Phi) is 8.19. The number of carbonyl (C=O) groups excluding carboxylic acids is 1. The number of rotatable bonds is 12. The maximum absolute atomic E-state index is 11.7. The first-order chi connectivity index (χ1) is 16.3. The van der Waals surface area contributed by atoms with Gasteiger partial charge in [-0.05, 0) is 44.0 Å². The number of aromatic hydroxyl groups is 1. The summed E-state index contributed by atoms with van der Waals surface area (Å²) in [7, 11) is 0. The summed E-state index contributed by atoms with van der Waals surface area (Å²) in [4.78, 5) is 22.5. The molecular weight excluding hydrogens is 440 g/mol. The highest BCUT2D eigenvalue weighted by Gasteiger charge is 2.17. The number of carboxylic acid groups (broad SMARTS) is 1. The van der Waals surface area contributed by atoms with Gasteiger partial charge in [0.25, 0.3) is 5.95 Å². The average molecular weight is 469 g/mol. The molecule has 0 amide bonds. The summed E-state index contributed by atoms with van der Waals surface area (Å²) in [6.07, 6.45) is 2.75. The molecule has 1 aromatic heterocycles. The number of Topliss-reactive ketones (excluding diaryl/α,β-unsaturated/α-hetero) is 1. The number of hydrogen-bond donors (Lipinski definition) is 2. The van der Waals surface area contributed by atoms with E-state index in [1.165, 1.54) is 13.0 Å². The highest BCUT2D eigenvalue weighted by atomic mass is 16.7. The lowest BCUT2D eigenvalue weighted by Crippen LogP contribution is -2.08. The van der Waals surface area contributed by atoms with Gasteiger partial charge in [-0.2, -0.15) is 0 Å². The van der Waals surface area contributed by atoms with E-state index in [1.807, 2.05) is 6.92 Å². The van der Waals surface area contributed by atoms with E-state index in [1.54, 1.807) is 30.3 Å². The number of ketones is 1. The maximum atomic E-state index is 11.7. The van der Waals surface area contributed by atoms with E-state index in [0.717, 1.165) is 12.0 Å². The minimum Gasteiger partial charge on any atom is -0.507 e. The van der Waals surface area contributed by atoms with Crippen LogP contribution in [-0.4, -0.2) is 35.4 Å². The summed E-state index contributed by atoms with van der Waals surface area (Å²) in [6.45, 7) is 7.92. The molecule has 0 saturated carbocycles. The largest absolute Gasteiger partial charge is 0.513 e. The van der Waals surface area contributed by atoms with Crippen molar-refractivity contribution in [3.8, 4) is 23.2 Å². The number of fused-ring (bicyclic) bond motifs is 1. The number of ether oxygens (including phenoxy) is 3. The standard InChI is InChI=1S/C26H28O8/c1-4-7-18-20-15-24(34-26(29)30)33-23(20)12-11-21(18)31-13-6-14-32-22-10-9-17(16(3)27)25(28)19(22)8-5-2/h4,9-12,15,28H,1,5-8,13-14H2,2-3H3,(H,29,30). The molecule has 8 heteroatoms. The molecule has 1 heterocycles. The van der Waals surface area contributed by atoms with Crippen molar-refractivity contribution in [3.63, 3.8) is 0 Å². The SMILES string of the molecule is C=CCc1c(OCCCOc2ccc(C(C)=O)c(O)c2CCC)ccc2oc(OC(=O)O)cc12. The molecular formula is C26H28O8. The van der Waals surface area contributed by atoms with Crippen LogP contribution in [-0.2, 0) is 12.8 Å². The van der Waals surface area contributed by atoms with Crippen LogP contribution in [0.15, 0.2) is 47.4 Å². The molecule has 0 aliphatic rings. The molecule has 8 nitrogen and oxygen atoms in total. The second-order valence-corrected chi connectivity index (χ2v) is 7.68. The number of hydrogen-bond acceptors (Lipinski definition) is 7. The van der Waals surface area contributed by atoms with Gasteiger partial charge in [-0.3, -0.25) is 4.79 Å². The van der Waals surface area contributed by atoms with Crippen molar-refractivity contribution >= 4 is 22.9 Å². The second kappa shape index (κ2) is 11.3. The van der Waals surface area contributed by atoms with Gasteiger partial charge in [0.1, 0.15) is 22.8 Å². The predicted molar refractivity (Wildman–Crippen MR) is 126 cm³/mol. The van der Waals surface area contributed by atoms with Gasteiger partial charge in [-0.15, -0.1) is 6.58 Å². The molecule has 2 N–H and O–H groups in total. The first-order valence-corrected chi connectivity index (χ1v) is 11.0. The maximum Gasteiger partial charge on any atom is 0.513 e. The molecule has 3 aromatic rings. The van der Waals surface area contributed by atoms with Crippen molar-refractivity contribution in [2.75, 3.05) is 13.2 Å². The predicted octanol–water partition coefficient (Wildman–Crippen LogP) is 5.93. The van der Waals surface area contributed by atoms with Crippen LogP contribution in [0.2, 0.25) is 0 Å². The Morgan fingerprint density at radius 3 is 2.38 bits per heavy atom. The van der Waals surface area contributed by atoms with Crippen LogP contribution in [0.1, 0.15) is 48.2 Å². The number of furan rings is 1. The zero-order chi connectivity index (χ0) is 24.7. The van der Waals surface area contributed by atoms with Crippen LogP contribution in [0.25, 0.3) is 11.0 Å². The third-order valence-corrected chi connectivity index (χ3v) is 5.21. The minimum absolute atomic E-state index is 0.0168. The highest BCUT2D eigenvalue weighted by Crippen LogP contribution is 2.35. The van der Waals surface area contributed by atoms with Gasteiger partial charge in [0.2, 0.25) is 0 Å². The van der Waals surface area contributed by atoms with Crippen molar-refractivity contribution in [1.29, 1.82) is 0 Å². The molecule has 0 aliphatic heterocycles. The molecule has 0 aliphatic carbocycles. The molecule has 34 heavy (non-hydrogen) atoms. The average Bonchev–Trinajstić information content (AvgIpc) is 3.18. The second-order valence-electron chi connectivity index (χ2n) is 7.68. The molecule has 0 fully saturated rings. The fourth-order valence-corrected chi connectivity index (χ4v) is 3.70. The summed E-state index contributed by atoms with van der Waals surface area (Å²) < 4.78 is 21.9. The zero-order valence-electron chi connectivity index (χ0n) is 19.3. The lowest BCUT2D eigenvalue weighted by atomic mass is 10.0. The van der Waals surface area contributed by atoms with Crippen LogP contribution in [0.4, 0.5) is 4.79 Å². The molecule has 3 rings (SSSR count). The Hall–Kier alpha value is -3.94. The molecule has 0 bridgehead atoms. The number of allylic oxidation sites excluding steroid dienone is 1. The van der Waals surface area contributed by atoms with E-state index in [9.17, 15) is 14.7 Å². The monoisotopic (exact) mass is 468 g/mol. The molecule has 2 aromatic carbocycles. The number of phenolic OH excluding ortho intramolecular Hbond substituents is 1. The fourth-order valence-electron chi connectivity index (χ4n) is 3.70. The number of phenols is 1. The van der Waals surface area contributed by atoms with Crippen molar-refractivity contribution < 1.29 is 38.4 Å². The minimum atomic E-state index is -1.45. The molecule has 180 valence electrons. The highest BCUT2D eigenvalue weighted by molar-refractivity contribution is 5.97. The summed E-state index contributed by atoms with van der Waals surface area (Å²) >= 11 is 0. The van der Waals surface area contributed by atoms with E-state index in [4.69, 9.17) is 19.0 Å². The lowest BCUT2D eigenvalue weighted by Gasteiger charge is -2.15. The van der Waals surface area contributed by atoms with Crippen LogP contribution in [0, 0.1) is 0 Å². The van der Waals surface area contributed by atoms with Crippen molar-refractivity contribution in [2.45, 2.75) is 39.5 Å². The Morgan fingerprint density at radius 2 is 1.76 bits per heavy atom. The summed E-state index contributed by atoms with van der Waals surface area (Å²) in [5, 5.41) is 20.0. The van der Waals surface area contributed by atoms with Crippen LogP contribution < -0.4 is 14.2 Å². The Labute approximate surface area is 197 Å². The van der Waals surface area contributed by atoms with Gasteiger partial charge < -0.3 is 28.8 Å². The summed E-state index contributed by atoms with van der Waals surface area (Å²) in [5.74, 6) is 0.867. The van der Waals surface area contributed by atoms with Crippen molar-refractivity contribution in [2.24, 2.45) is 0 Å².